The number of aryl methyl sites for hydroxylation is 2. The first-order valence-electron chi connectivity index (χ1n) is 11.4. The van der Waals surface area contributed by atoms with Crippen molar-refractivity contribution in [1.82, 2.24) is 4.98 Å². The topological polar surface area (TPSA) is 85.7 Å². The number of hydrogen-bond acceptors (Lipinski definition) is 5. The maximum atomic E-state index is 12.8. The minimum atomic E-state index is -4.40. The molecule has 0 radical (unpaired) electrons. The first-order chi connectivity index (χ1) is 17.3. The van der Waals surface area contributed by atoms with E-state index in [2.05, 4.69) is 4.98 Å². The number of hydrogen-bond donors (Lipinski definition) is 1. The molecule has 0 aliphatic carbocycles. The van der Waals surface area contributed by atoms with E-state index in [-0.39, 0.29) is 4.57 Å². The molecular weight excluding hydrogens is 550 g/mol. The molecule has 0 bridgehead atoms. The van der Waals surface area contributed by atoms with Gasteiger partial charge in [0.1, 0.15) is 0 Å². The zero-order valence-corrected chi connectivity index (χ0v) is 22.9. The maximum absolute atomic E-state index is 12.8. The number of nitrogens with zero attached hydrogens (tertiary/aromatic N) is 1. The molecule has 6 nitrogen and oxygen atoms in total. The van der Waals surface area contributed by atoms with Gasteiger partial charge in [0.15, 0.2) is 0 Å². The molecule has 0 amide bonds. The average Bonchev–Trinajstić information content (AvgIpc) is 2.82. The zero-order chi connectivity index (χ0) is 27.4. The second-order valence-corrected chi connectivity index (χ2v) is 11.6. The molecule has 10 heteroatoms. The minimum absolute atomic E-state index is 0.0170. The second-order valence-electron chi connectivity index (χ2n) is 8.85. The number of aromatic nitrogens is 1. The number of carbonyl (C=O) groups excluding carboxylic acids is 1. The van der Waals surface area contributed by atoms with Crippen LogP contribution < -0.4 is 9.47 Å². The zero-order valence-electron chi connectivity index (χ0n) is 20.8. The summed E-state index contributed by atoms with van der Waals surface area (Å²) < 4.78 is 49.7. The molecule has 3 aromatic rings. The van der Waals surface area contributed by atoms with Gasteiger partial charge in [-0.15, -0.1) is 0 Å². The van der Waals surface area contributed by atoms with E-state index in [0.717, 1.165) is 17.7 Å². The van der Waals surface area contributed by atoms with Gasteiger partial charge in [-0.2, -0.15) is 0 Å². The molecule has 1 aromatic heterocycles. The Morgan fingerprint density at radius 2 is 1.68 bits per heavy atom. The van der Waals surface area contributed by atoms with Crippen LogP contribution in [0.15, 0.2) is 54.6 Å². The molecule has 3 rings (SSSR count). The summed E-state index contributed by atoms with van der Waals surface area (Å²) in [6.45, 7) is 6.80. The van der Waals surface area contributed by atoms with Crippen LogP contribution in [0.3, 0.4) is 0 Å². The molecule has 196 valence electrons. The number of halogens is 3. The summed E-state index contributed by atoms with van der Waals surface area (Å²) in [7, 11) is 0. The van der Waals surface area contributed by atoms with E-state index >= 15 is 0 Å². The van der Waals surface area contributed by atoms with E-state index in [1.54, 1.807) is 44.2 Å². The van der Waals surface area contributed by atoms with E-state index in [1.165, 1.54) is 26.0 Å². The standard InChI is InChI=1S/C27H27AsF3NO5/c1-16-15-20(9-12-23(16)37-26(3,4)25(34)35)36-14-13-28-24(33)21-10-11-22(32-17(21)2)18-5-7-19(8-6-18)27(29,30)31/h5-12,15,28H,13-14H2,1-4H3,(H,34,35). The molecule has 1 N–H and O–H groups in total. The monoisotopic (exact) mass is 577 g/mol. The van der Waals surface area contributed by atoms with Crippen molar-refractivity contribution in [2.45, 2.75) is 44.7 Å². The van der Waals surface area contributed by atoms with Crippen LogP contribution in [0.2, 0.25) is 5.21 Å². The number of aliphatic carboxylic acids is 1. The molecule has 0 fully saturated rings. The van der Waals surface area contributed by atoms with Gasteiger partial charge in [0.25, 0.3) is 0 Å². The van der Waals surface area contributed by atoms with Gasteiger partial charge in [-0.3, -0.25) is 0 Å². The summed E-state index contributed by atoms with van der Waals surface area (Å²) in [5, 5.41) is 9.81. The fourth-order valence-electron chi connectivity index (χ4n) is 3.37. The third-order valence-corrected chi connectivity index (χ3v) is 7.71. The number of carbonyl (C=O) groups is 2. The molecule has 1 heterocycles. The Morgan fingerprint density at radius 1 is 1.00 bits per heavy atom. The van der Waals surface area contributed by atoms with Gasteiger partial charge >= 0.3 is 220 Å². The van der Waals surface area contributed by atoms with Crippen molar-refractivity contribution in [1.29, 1.82) is 0 Å². The van der Waals surface area contributed by atoms with Gasteiger partial charge in [-0.25, -0.2) is 0 Å². The summed E-state index contributed by atoms with van der Waals surface area (Å²) >= 11 is -1.03. The summed E-state index contributed by atoms with van der Waals surface area (Å²) in [5.41, 5.74) is 0.722. The van der Waals surface area contributed by atoms with Gasteiger partial charge in [0.05, 0.1) is 0 Å². The Hall–Kier alpha value is -3.32. The van der Waals surface area contributed by atoms with Crippen LogP contribution in [0.4, 0.5) is 13.2 Å². The normalized spacial score (nSPS) is 12.1. The number of ether oxygens (including phenoxy) is 2. The number of pyridine rings is 1. The van der Waals surface area contributed by atoms with Crippen LogP contribution in [0.1, 0.15) is 41.0 Å². The molecule has 2 aromatic carbocycles. The van der Waals surface area contributed by atoms with Crippen molar-refractivity contribution < 1.29 is 37.3 Å². The van der Waals surface area contributed by atoms with Crippen LogP contribution in [-0.4, -0.2) is 48.6 Å². The van der Waals surface area contributed by atoms with Crippen molar-refractivity contribution in [2.75, 3.05) is 6.61 Å². The molecular formula is C27H27AsF3NO5. The van der Waals surface area contributed by atoms with Gasteiger partial charge in [-0.05, 0) is 0 Å². The molecule has 37 heavy (non-hydrogen) atoms. The number of carboxylic acid groups (broad SMARTS) is 1. The quantitative estimate of drug-likeness (QED) is 0.246. The van der Waals surface area contributed by atoms with Crippen molar-refractivity contribution in [3.8, 4) is 22.8 Å². The summed E-state index contributed by atoms with van der Waals surface area (Å²) in [4.78, 5) is 28.4. The predicted octanol–water partition coefficient (Wildman–Crippen LogP) is 5.70. The van der Waals surface area contributed by atoms with Crippen LogP contribution in [0.5, 0.6) is 11.5 Å². The van der Waals surface area contributed by atoms with Crippen molar-refractivity contribution in [3.63, 3.8) is 0 Å². The average molecular weight is 577 g/mol. The Kier molecular flexibility index (Phi) is 8.69. The third kappa shape index (κ3) is 7.35. The predicted molar refractivity (Wildman–Crippen MR) is 135 cm³/mol. The molecule has 0 spiro atoms. The Balaban J connectivity index is 1.54. The van der Waals surface area contributed by atoms with Crippen molar-refractivity contribution in [3.05, 3.63) is 77.0 Å². The second kappa shape index (κ2) is 11.4. The molecule has 0 aliphatic heterocycles. The van der Waals surface area contributed by atoms with Gasteiger partial charge < -0.3 is 0 Å². The summed E-state index contributed by atoms with van der Waals surface area (Å²) in [5.74, 6) is -0.0251. The Morgan fingerprint density at radius 3 is 2.24 bits per heavy atom. The molecule has 1 unspecified atom stereocenters. The fraction of sp³-hybridized carbons (Fsp3) is 0.296. The Labute approximate surface area is 219 Å². The van der Waals surface area contributed by atoms with E-state index in [0.29, 0.717) is 45.8 Å². The number of alkyl halides is 3. The van der Waals surface area contributed by atoms with Crippen LogP contribution in [0.25, 0.3) is 11.3 Å². The van der Waals surface area contributed by atoms with E-state index in [9.17, 15) is 27.9 Å². The first-order valence-corrected chi connectivity index (χ1v) is 13.9. The summed E-state index contributed by atoms with van der Waals surface area (Å²) in [6.07, 6.45) is -4.40. The van der Waals surface area contributed by atoms with E-state index in [1.807, 2.05) is 0 Å². The fourth-order valence-corrected chi connectivity index (χ4v) is 5.22. The SMILES string of the molecule is Cc1cc(OCC[AsH]C(=O)c2ccc(-c3ccc(C(F)(F)F)cc3)nc2C)ccc1OC(C)(C)C(=O)O. The molecule has 0 saturated heterocycles. The molecule has 0 saturated carbocycles. The van der Waals surface area contributed by atoms with Crippen LogP contribution in [0, 0.1) is 13.8 Å². The van der Waals surface area contributed by atoms with Gasteiger partial charge in [0.2, 0.25) is 0 Å². The van der Waals surface area contributed by atoms with E-state index in [4.69, 9.17) is 9.47 Å². The first kappa shape index (κ1) is 28.3. The number of rotatable bonds is 10. The van der Waals surface area contributed by atoms with Crippen molar-refractivity contribution in [2.24, 2.45) is 0 Å². The van der Waals surface area contributed by atoms with Gasteiger partial charge in [-0.1, -0.05) is 0 Å². The van der Waals surface area contributed by atoms with E-state index < -0.39 is 39.1 Å². The van der Waals surface area contributed by atoms with Crippen molar-refractivity contribution >= 4 is 26.3 Å². The molecule has 1 atom stereocenters. The third-order valence-electron chi connectivity index (χ3n) is 5.52. The number of carboxylic acids is 1. The number of benzene rings is 2. The molecule has 0 aliphatic rings. The van der Waals surface area contributed by atoms with Crippen LogP contribution >= 0.6 is 0 Å². The Bertz CT molecular complexity index is 1290. The van der Waals surface area contributed by atoms with Crippen LogP contribution in [-0.2, 0) is 11.0 Å². The van der Waals surface area contributed by atoms with Gasteiger partial charge in [0, 0.05) is 0 Å². The summed E-state index contributed by atoms with van der Waals surface area (Å²) in [6, 6.07) is 13.2.